The van der Waals surface area contributed by atoms with Gasteiger partial charge in [-0.25, -0.2) is 0 Å². The number of hydrogen-bond donors (Lipinski definition) is 1. The highest BCUT2D eigenvalue weighted by Crippen LogP contribution is 2.49. The Morgan fingerprint density at radius 2 is 1.74 bits per heavy atom. The molecule has 3 aliphatic carbocycles. The largest absolute Gasteiger partial charge is 0.507 e. The van der Waals surface area contributed by atoms with E-state index in [0.29, 0.717) is 10.0 Å². The van der Waals surface area contributed by atoms with Crippen molar-refractivity contribution >= 4 is 34.0 Å². The monoisotopic (exact) mass is 374 g/mol. The number of aromatic hydroxyl groups is 1. The maximum absolute atomic E-state index is 12.6. The lowest BCUT2D eigenvalue weighted by Gasteiger charge is -2.37. The van der Waals surface area contributed by atoms with Gasteiger partial charge in [-0.15, -0.1) is 0 Å². The van der Waals surface area contributed by atoms with Crippen LogP contribution in [0.1, 0.15) is 18.4 Å². The Bertz CT molecular complexity index is 726. The zero-order chi connectivity index (χ0) is 16.1. The number of amides is 2. The van der Waals surface area contributed by atoms with Crippen molar-refractivity contribution in [3.8, 4) is 5.75 Å². The van der Waals surface area contributed by atoms with Crippen molar-refractivity contribution in [3.05, 3.63) is 40.4 Å². The van der Waals surface area contributed by atoms with E-state index in [4.69, 9.17) is 0 Å². The number of nitrogens with zero attached hydrogens (tertiary/aromatic N) is 2. The van der Waals surface area contributed by atoms with Crippen molar-refractivity contribution in [2.24, 2.45) is 28.8 Å². The summed E-state index contributed by atoms with van der Waals surface area (Å²) < 4.78 is 0.538. The number of allylic oxidation sites excluding steroid dienone is 2. The third-order valence-corrected chi connectivity index (χ3v) is 5.67. The summed E-state index contributed by atoms with van der Waals surface area (Å²) in [4.78, 5) is 25.2. The molecule has 23 heavy (non-hydrogen) atoms. The number of imide groups is 1. The van der Waals surface area contributed by atoms with Crippen LogP contribution in [-0.2, 0) is 9.59 Å². The minimum Gasteiger partial charge on any atom is -0.507 e. The van der Waals surface area contributed by atoms with Crippen molar-refractivity contribution < 1.29 is 14.7 Å². The first-order chi connectivity index (χ1) is 11.1. The Labute approximate surface area is 141 Å². The van der Waals surface area contributed by atoms with Crippen molar-refractivity contribution in [2.75, 3.05) is 0 Å². The van der Waals surface area contributed by atoms with Gasteiger partial charge in [0.2, 0.25) is 0 Å². The minimum absolute atomic E-state index is 0.129. The molecule has 0 unspecified atom stereocenters. The molecule has 1 N–H and O–H groups in total. The van der Waals surface area contributed by atoms with Gasteiger partial charge in [0.05, 0.1) is 22.5 Å². The fraction of sp³-hybridized carbons (Fsp3) is 0.353. The van der Waals surface area contributed by atoms with Crippen molar-refractivity contribution in [3.63, 3.8) is 0 Å². The Morgan fingerprint density at radius 3 is 2.26 bits per heavy atom. The third-order valence-electron chi connectivity index (χ3n) is 5.03. The molecule has 118 valence electrons. The lowest BCUT2D eigenvalue weighted by molar-refractivity contribution is -0.140. The highest BCUT2D eigenvalue weighted by molar-refractivity contribution is 9.10. The molecule has 2 bridgehead atoms. The Morgan fingerprint density at radius 1 is 1.13 bits per heavy atom. The van der Waals surface area contributed by atoms with Crippen molar-refractivity contribution in [1.29, 1.82) is 0 Å². The predicted octanol–water partition coefficient (Wildman–Crippen LogP) is 2.69. The molecule has 0 spiro atoms. The summed E-state index contributed by atoms with van der Waals surface area (Å²) in [6.07, 6.45) is 7.61. The van der Waals surface area contributed by atoms with Gasteiger partial charge in [0.25, 0.3) is 11.8 Å². The van der Waals surface area contributed by atoms with Crippen LogP contribution in [0.4, 0.5) is 0 Å². The molecule has 1 aromatic rings. The van der Waals surface area contributed by atoms with E-state index in [-0.39, 0.29) is 41.2 Å². The van der Waals surface area contributed by atoms with Gasteiger partial charge in [0.1, 0.15) is 5.75 Å². The van der Waals surface area contributed by atoms with Gasteiger partial charge in [-0.1, -0.05) is 12.2 Å². The van der Waals surface area contributed by atoms with E-state index in [1.165, 1.54) is 12.3 Å². The first-order valence-electron chi connectivity index (χ1n) is 7.65. The summed E-state index contributed by atoms with van der Waals surface area (Å²) in [5, 5.41) is 14.7. The zero-order valence-corrected chi connectivity index (χ0v) is 13.8. The number of fused-ring (bicyclic) bond motifs is 1. The van der Waals surface area contributed by atoms with Gasteiger partial charge in [0.15, 0.2) is 0 Å². The molecule has 5 nitrogen and oxygen atoms in total. The highest BCUT2D eigenvalue weighted by atomic mass is 79.9. The molecule has 2 amide bonds. The minimum atomic E-state index is -0.241. The van der Waals surface area contributed by atoms with Crippen LogP contribution >= 0.6 is 15.9 Å². The highest BCUT2D eigenvalue weighted by Gasteiger charge is 2.56. The molecule has 4 aliphatic rings. The van der Waals surface area contributed by atoms with E-state index in [9.17, 15) is 14.7 Å². The van der Waals surface area contributed by atoms with Crippen LogP contribution in [0, 0.1) is 23.7 Å². The second kappa shape index (κ2) is 5.30. The first-order valence-corrected chi connectivity index (χ1v) is 8.44. The number of phenolic OH excluding ortho intramolecular Hbond substituents is 1. The molecule has 1 heterocycles. The van der Waals surface area contributed by atoms with Crippen molar-refractivity contribution in [2.45, 2.75) is 12.8 Å². The van der Waals surface area contributed by atoms with Gasteiger partial charge < -0.3 is 5.11 Å². The van der Waals surface area contributed by atoms with Gasteiger partial charge in [-0.05, 0) is 64.4 Å². The number of hydrazone groups is 1. The molecular formula is C17H15BrN2O3. The zero-order valence-electron chi connectivity index (χ0n) is 12.2. The number of phenols is 1. The van der Waals surface area contributed by atoms with Gasteiger partial charge >= 0.3 is 0 Å². The molecule has 1 aliphatic heterocycles. The molecule has 4 atom stereocenters. The van der Waals surface area contributed by atoms with Crippen LogP contribution in [0.5, 0.6) is 5.75 Å². The van der Waals surface area contributed by atoms with Crippen LogP contribution < -0.4 is 0 Å². The van der Waals surface area contributed by atoms with Crippen LogP contribution in [0.3, 0.4) is 0 Å². The van der Waals surface area contributed by atoms with E-state index < -0.39 is 0 Å². The molecule has 0 aromatic heterocycles. The summed E-state index contributed by atoms with van der Waals surface area (Å²) in [5.74, 6) is -0.385. The summed E-state index contributed by atoms with van der Waals surface area (Å²) in [5.41, 5.74) is 0.700. The average Bonchev–Trinajstić information content (AvgIpc) is 2.83. The van der Waals surface area contributed by atoms with Crippen LogP contribution in [0.2, 0.25) is 0 Å². The number of carbonyl (C=O) groups is 2. The molecule has 1 aromatic carbocycles. The van der Waals surface area contributed by atoms with Crippen LogP contribution in [0.15, 0.2) is 39.9 Å². The summed E-state index contributed by atoms with van der Waals surface area (Å²) >= 11 is 3.23. The average molecular weight is 375 g/mol. The van der Waals surface area contributed by atoms with E-state index in [0.717, 1.165) is 17.9 Å². The molecule has 5 rings (SSSR count). The maximum Gasteiger partial charge on any atom is 0.254 e. The first kappa shape index (κ1) is 14.6. The molecule has 2 fully saturated rings. The van der Waals surface area contributed by atoms with Gasteiger partial charge in [0, 0.05) is 0 Å². The fourth-order valence-electron chi connectivity index (χ4n) is 3.90. The summed E-state index contributed by atoms with van der Waals surface area (Å²) in [7, 11) is 0. The van der Waals surface area contributed by atoms with E-state index in [2.05, 4.69) is 33.2 Å². The van der Waals surface area contributed by atoms with Crippen LogP contribution in [0.25, 0.3) is 0 Å². The molecule has 6 heteroatoms. The second-order valence-electron chi connectivity index (χ2n) is 6.29. The smallest absolute Gasteiger partial charge is 0.254 e. The topological polar surface area (TPSA) is 70.0 Å². The number of hydrogen-bond acceptors (Lipinski definition) is 4. The van der Waals surface area contributed by atoms with Crippen molar-refractivity contribution in [1.82, 2.24) is 5.01 Å². The number of halogens is 1. The molecule has 1 saturated carbocycles. The summed E-state index contributed by atoms with van der Waals surface area (Å²) in [6.45, 7) is 0. The Balaban J connectivity index is 1.60. The molecule has 0 radical (unpaired) electrons. The Hall–Kier alpha value is -1.95. The second-order valence-corrected chi connectivity index (χ2v) is 7.14. The lowest BCUT2D eigenvalue weighted by Crippen LogP contribution is -2.38. The number of benzene rings is 1. The standard InChI is InChI=1S/C17H15BrN2O3/c18-12-7-9(1-6-13(12)21)8-19-20-16(22)14-10-2-3-11(5-4-10)15(14)17(20)23/h1-3,6-8,10-11,14-15,21H,4-5H2/b19-8+/t10-,11+,14-,15+. The number of carbonyl (C=O) groups excluding carboxylic acids is 2. The Kier molecular flexibility index (Phi) is 3.37. The predicted molar refractivity (Wildman–Crippen MR) is 87.6 cm³/mol. The van der Waals surface area contributed by atoms with Gasteiger partial charge in [-0.2, -0.15) is 10.1 Å². The fourth-order valence-corrected chi connectivity index (χ4v) is 4.30. The van der Waals surface area contributed by atoms with Gasteiger partial charge in [-0.3, -0.25) is 9.59 Å². The lowest BCUT2D eigenvalue weighted by atomic mass is 9.63. The number of rotatable bonds is 2. The van der Waals surface area contributed by atoms with Crippen LogP contribution in [-0.4, -0.2) is 28.1 Å². The molecule has 1 saturated heterocycles. The normalized spacial score (nSPS) is 32.1. The quantitative estimate of drug-likeness (QED) is 0.491. The third kappa shape index (κ3) is 2.24. The van der Waals surface area contributed by atoms with E-state index in [1.54, 1.807) is 12.1 Å². The van der Waals surface area contributed by atoms with E-state index in [1.807, 2.05) is 0 Å². The SMILES string of the molecule is O=C1[C@@H]2[C@H](C(=O)N1/N=C/c1ccc(O)c(Br)c1)[C@@H]1C=C[C@H]2CC1. The molecular weight excluding hydrogens is 360 g/mol. The maximum atomic E-state index is 12.6. The van der Waals surface area contributed by atoms with E-state index >= 15 is 0 Å². The summed E-state index contributed by atoms with van der Waals surface area (Å²) in [6, 6.07) is 4.89.